The summed E-state index contributed by atoms with van der Waals surface area (Å²) >= 11 is 0. The first kappa shape index (κ1) is 8.51. The summed E-state index contributed by atoms with van der Waals surface area (Å²) in [5.41, 5.74) is 1.96. The van der Waals surface area contributed by atoms with Gasteiger partial charge in [-0.15, -0.1) is 0 Å². The van der Waals surface area contributed by atoms with Crippen LogP contribution in [0.25, 0.3) is 0 Å². The van der Waals surface area contributed by atoms with E-state index in [0.29, 0.717) is 0 Å². The number of anilines is 1. The van der Waals surface area contributed by atoms with Gasteiger partial charge in [-0.05, 0) is 24.1 Å². The van der Waals surface area contributed by atoms with Crippen molar-refractivity contribution in [1.82, 2.24) is 0 Å². The highest BCUT2D eigenvalue weighted by atomic mass is 19.1. The van der Waals surface area contributed by atoms with E-state index in [1.54, 1.807) is 6.07 Å². The van der Waals surface area contributed by atoms with Gasteiger partial charge in [0.1, 0.15) is 5.82 Å². The molecule has 1 heterocycles. The molecule has 2 rings (SSSR count). The van der Waals surface area contributed by atoms with E-state index in [1.807, 2.05) is 0 Å². The Balaban J connectivity index is 2.26. The van der Waals surface area contributed by atoms with Crippen LogP contribution in [0.3, 0.4) is 0 Å². The zero-order chi connectivity index (χ0) is 9.26. The number of benzene rings is 1. The fraction of sp³-hybridized carbons (Fsp3) is 0.400. The molecule has 0 aliphatic carbocycles. The number of halogens is 1. The summed E-state index contributed by atoms with van der Waals surface area (Å²) in [6, 6.07) is 4.74. The highest BCUT2D eigenvalue weighted by Crippen LogP contribution is 2.24. The first-order chi connectivity index (χ1) is 6.29. The molecule has 1 atom stereocenters. The lowest BCUT2D eigenvalue weighted by Crippen LogP contribution is -2.25. The lowest BCUT2D eigenvalue weighted by molar-refractivity contribution is 0.230. The summed E-state index contributed by atoms with van der Waals surface area (Å²) in [5, 5.41) is 12.1. The molecule has 1 aliphatic rings. The van der Waals surface area contributed by atoms with E-state index in [-0.39, 0.29) is 18.3 Å². The van der Waals surface area contributed by atoms with Gasteiger partial charge in [0.25, 0.3) is 0 Å². The molecular formula is C10H12FNO. The Labute approximate surface area is 76.4 Å². The van der Waals surface area contributed by atoms with Gasteiger partial charge in [-0.25, -0.2) is 4.39 Å². The maximum atomic E-state index is 12.8. The summed E-state index contributed by atoms with van der Waals surface area (Å²) in [7, 11) is 0. The zero-order valence-electron chi connectivity index (χ0n) is 7.26. The largest absolute Gasteiger partial charge is 0.396 e. The predicted molar refractivity (Wildman–Crippen MR) is 49.2 cm³/mol. The van der Waals surface area contributed by atoms with Crippen LogP contribution in [0.5, 0.6) is 0 Å². The summed E-state index contributed by atoms with van der Waals surface area (Å²) in [6.07, 6.45) is 0.832. The lowest BCUT2D eigenvalue weighted by atomic mass is 9.95. The molecule has 0 saturated carbocycles. The highest BCUT2D eigenvalue weighted by molar-refractivity contribution is 5.53. The van der Waals surface area contributed by atoms with Crippen LogP contribution in [0.2, 0.25) is 0 Å². The Kier molecular flexibility index (Phi) is 2.19. The number of nitrogens with one attached hydrogen (secondary N) is 1. The first-order valence-corrected chi connectivity index (χ1v) is 4.43. The van der Waals surface area contributed by atoms with E-state index >= 15 is 0 Å². The predicted octanol–water partition coefficient (Wildman–Crippen LogP) is 1.40. The van der Waals surface area contributed by atoms with E-state index in [9.17, 15) is 4.39 Å². The molecule has 1 unspecified atom stereocenters. The molecule has 0 saturated heterocycles. The van der Waals surface area contributed by atoms with Crippen LogP contribution in [-0.4, -0.2) is 18.3 Å². The summed E-state index contributed by atoms with van der Waals surface area (Å²) in [5.74, 6) is 0.0478. The summed E-state index contributed by atoms with van der Waals surface area (Å²) in [4.78, 5) is 0. The van der Waals surface area contributed by atoms with Gasteiger partial charge in [0, 0.05) is 24.8 Å². The third-order valence-electron chi connectivity index (χ3n) is 2.42. The van der Waals surface area contributed by atoms with Gasteiger partial charge in [0.15, 0.2) is 0 Å². The van der Waals surface area contributed by atoms with E-state index in [0.717, 1.165) is 24.2 Å². The molecule has 1 aromatic carbocycles. The first-order valence-electron chi connectivity index (χ1n) is 4.43. The molecular weight excluding hydrogens is 169 g/mol. The minimum Gasteiger partial charge on any atom is -0.396 e. The standard InChI is InChI=1S/C10H12FNO/c11-9-2-1-8-3-7(6-13)5-12-10(8)4-9/h1-2,4,7,12-13H,3,5-6H2. The number of aliphatic hydroxyl groups is 1. The molecule has 70 valence electrons. The smallest absolute Gasteiger partial charge is 0.125 e. The molecule has 13 heavy (non-hydrogen) atoms. The topological polar surface area (TPSA) is 32.3 Å². The van der Waals surface area contributed by atoms with Crippen molar-refractivity contribution in [2.75, 3.05) is 18.5 Å². The maximum Gasteiger partial charge on any atom is 0.125 e. The molecule has 0 fully saturated rings. The molecule has 0 bridgehead atoms. The Morgan fingerprint density at radius 2 is 2.38 bits per heavy atom. The molecule has 0 aromatic heterocycles. The van der Waals surface area contributed by atoms with E-state index < -0.39 is 0 Å². The molecule has 1 aliphatic heterocycles. The van der Waals surface area contributed by atoms with Crippen LogP contribution in [0, 0.1) is 11.7 Å². The number of fused-ring (bicyclic) bond motifs is 1. The number of rotatable bonds is 1. The normalized spacial score (nSPS) is 20.6. The van der Waals surface area contributed by atoms with Gasteiger partial charge in [-0.2, -0.15) is 0 Å². The van der Waals surface area contributed by atoms with Crippen LogP contribution in [0.1, 0.15) is 5.56 Å². The Bertz CT molecular complexity index is 314. The van der Waals surface area contributed by atoms with Crippen molar-refractivity contribution in [3.63, 3.8) is 0 Å². The van der Waals surface area contributed by atoms with Crippen molar-refractivity contribution in [1.29, 1.82) is 0 Å². The van der Waals surface area contributed by atoms with E-state index in [1.165, 1.54) is 12.1 Å². The molecule has 1 aromatic rings. The molecule has 2 N–H and O–H groups in total. The fourth-order valence-corrected chi connectivity index (χ4v) is 1.66. The highest BCUT2D eigenvalue weighted by Gasteiger charge is 2.17. The second-order valence-corrected chi connectivity index (χ2v) is 3.44. The van der Waals surface area contributed by atoms with Gasteiger partial charge in [-0.1, -0.05) is 6.07 Å². The van der Waals surface area contributed by atoms with Gasteiger partial charge in [0.05, 0.1) is 0 Å². The van der Waals surface area contributed by atoms with Crippen LogP contribution in [0.4, 0.5) is 10.1 Å². The quantitative estimate of drug-likeness (QED) is 0.686. The Hall–Kier alpha value is -1.09. The van der Waals surface area contributed by atoms with Crippen molar-refractivity contribution >= 4 is 5.69 Å². The summed E-state index contributed by atoms with van der Waals surface area (Å²) in [6.45, 7) is 0.913. The van der Waals surface area contributed by atoms with E-state index in [2.05, 4.69) is 5.32 Å². The second-order valence-electron chi connectivity index (χ2n) is 3.44. The Morgan fingerprint density at radius 3 is 3.15 bits per heavy atom. The van der Waals surface area contributed by atoms with Crippen molar-refractivity contribution in [2.45, 2.75) is 6.42 Å². The van der Waals surface area contributed by atoms with Crippen molar-refractivity contribution in [2.24, 2.45) is 5.92 Å². The number of hydrogen-bond donors (Lipinski definition) is 2. The lowest BCUT2D eigenvalue weighted by Gasteiger charge is -2.24. The SMILES string of the molecule is OCC1CNc2cc(F)ccc2C1. The average Bonchev–Trinajstić information content (AvgIpc) is 2.17. The maximum absolute atomic E-state index is 12.8. The van der Waals surface area contributed by atoms with Crippen molar-refractivity contribution in [3.8, 4) is 0 Å². The van der Waals surface area contributed by atoms with Gasteiger partial charge in [0.2, 0.25) is 0 Å². The fourth-order valence-electron chi connectivity index (χ4n) is 1.66. The van der Waals surface area contributed by atoms with Crippen molar-refractivity contribution in [3.05, 3.63) is 29.6 Å². The Morgan fingerprint density at radius 1 is 1.54 bits per heavy atom. The van der Waals surface area contributed by atoms with Crippen LogP contribution in [-0.2, 0) is 6.42 Å². The number of hydrogen-bond acceptors (Lipinski definition) is 2. The number of aliphatic hydroxyl groups excluding tert-OH is 1. The van der Waals surface area contributed by atoms with Crippen molar-refractivity contribution < 1.29 is 9.50 Å². The molecule has 0 spiro atoms. The molecule has 0 radical (unpaired) electrons. The van der Waals surface area contributed by atoms with Gasteiger partial charge in [-0.3, -0.25) is 0 Å². The van der Waals surface area contributed by atoms with E-state index in [4.69, 9.17) is 5.11 Å². The van der Waals surface area contributed by atoms with Crippen LogP contribution < -0.4 is 5.32 Å². The van der Waals surface area contributed by atoms with Crippen LogP contribution >= 0.6 is 0 Å². The molecule has 0 amide bonds. The third-order valence-corrected chi connectivity index (χ3v) is 2.42. The average molecular weight is 181 g/mol. The van der Waals surface area contributed by atoms with Gasteiger partial charge < -0.3 is 10.4 Å². The minimum absolute atomic E-state index is 0.184. The zero-order valence-corrected chi connectivity index (χ0v) is 7.26. The minimum atomic E-state index is -0.214. The summed E-state index contributed by atoms with van der Waals surface area (Å²) < 4.78 is 12.8. The third kappa shape index (κ3) is 1.65. The molecule has 3 heteroatoms. The molecule has 2 nitrogen and oxygen atoms in total. The second kappa shape index (κ2) is 3.34. The monoisotopic (exact) mass is 181 g/mol. The van der Waals surface area contributed by atoms with Crippen LogP contribution in [0.15, 0.2) is 18.2 Å². The van der Waals surface area contributed by atoms with Gasteiger partial charge >= 0.3 is 0 Å².